The fourth-order valence-corrected chi connectivity index (χ4v) is 3.20. The van der Waals surface area contributed by atoms with Gasteiger partial charge in [0, 0.05) is 12.1 Å². The summed E-state index contributed by atoms with van der Waals surface area (Å²) in [4.78, 5) is 19.1. The van der Waals surface area contributed by atoms with Crippen molar-refractivity contribution in [2.24, 2.45) is 0 Å². The minimum atomic E-state index is -0.101. The van der Waals surface area contributed by atoms with Crippen molar-refractivity contribution in [2.75, 3.05) is 12.8 Å². The Morgan fingerprint density at radius 2 is 2.13 bits per heavy atom. The van der Waals surface area contributed by atoms with Crippen molar-refractivity contribution >= 4 is 17.7 Å². The molecule has 0 bridgehead atoms. The third-order valence-corrected chi connectivity index (χ3v) is 5.15. The van der Waals surface area contributed by atoms with Gasteiger partial charge in [-0.25, -0.2) is 0 Å². The van der Waals surface area contributed by atoms with Gasteiger partial charge in [-0.15, -0.1) is 0 Å². The predicted molar refractivity (Wildman–Crippen MR) is 91.0 cm³/mol. The first-order chi connectivity index (χ1) is 11.2. The molecule has 5 nitrogen and oxygen atoms in total. The summed E-state index contributed by atoms with van der Waals surface area (Å²) >= 11 is 1.57. The number of carbonyl (C=O) groups is 1. The van der Waals surface area contributed by atoms with Crippen LogP contribution in [0.3, 0.4) is 0 Å². The number of hydrogen-bond acceptors (Lipinski definition) is 5. The molecule has 122 valence electrons. The number of hydrogen-bond donors (Lipinski definition) is 0. The van der Waals surface area contributed by atoms with Gasteiger partial charge >= 0.3 is 0 Å². The fourth-order valence-electron chi connectivity index (χ4n) is 2.86. The molecule has 1 aromatic heterocycles. The van der Waals surface area contributed by atoms with E-state index in [1.54, 1.807) is 11.8 Å². The maximum absolute atomic E-state index is 12.6. The Labute approximate surface area is 140 Å². The van der Waals surface area contributed by atoms with Crippen LogP contribution in [-0.2, 0) is 4.79 Å². The maximum Gasteiger partial charge on any atom is 0.249 e. The second-order valence-electron chi connectivity index (χ2n) is 5.74. The molecule has 6 heteroatoms. The molecular formula is C17H21N3O2S. The van der Waals surface area contributed by atoms with Crippen molar-refractivity contribution in [1.82, 2.24) is 15.0 Å². The van der Waals surface area contributed by atoms with E-state index in [4.69, 9.17) is 4.52 Å². The lowest BCUT2D eigenvalue weighted by Gasteiger charge is -2.34. The predicted octanol–water partition coefficient (Wildman–Crippen LogP) is 3.54. The Bertz CT molecular complexity index is 659. The highest BCUT2D eigenvalue weighted by Crippen LogP contribution is 2.32. The van der Waals surface area contributed by atoms with Gasteiger partial charge in [-0.05, 0) is 32.4 Å². The van der Waals surface area contributed by atoms with E-state index in [1.807, 2.05) is 48.4 Å². The molecule has 1 saturated heterocycles. The number of rotatable bonds is 4. The van der Waals surface area contributed by atoms with E-state index in [0.29, 0.717) is 11.7 Å². The third kappa shape index (κ3) is 3.42. The van der Waals surface area contributed by atoms with Crippen molar-refractivity contribution in [2.45, 2.75) is 37.5 Å². The van der Waals surface area contributed by atoms with Crippen molar-refractivity contribution < 1.29 is 9.32 Å². The van der Waals surface area contributed by atoms with Crippen molar-refractivity contribution in [3.8, 4) is 11.4 Å². The van der Waals surface area contributed by atoms with Crippen LogP contribution in [0.15, 0.2) is 34.9 Å². The van der Waals surface area contributed by atoms with Crippen molar-refractivity contribution in [1.29, 1.82) is 0 Å². The van der Waals surface area contributed by atoms with Crippen LogP contribution < -0.4 is 0 Å². The molecule has 2 aromatic rings. The number of piperidine rings is 1. The summed E-state index contributed by atoms with van der Waals surface area (Å²) in [5.74, 6) is 1.28. The number of carbonyl (C=O) groups excluding carboxylic acids is 1. The molecule has 23 heavy (non-hydrogen) atoms. The number of aromatic nitrogens is 2. The topological polar surface area (TPSA) is 59.2 Å². The monoisotopic (exact) mass is 331 g/mol. The Hall–Kier alpha value is -1.82. The van der Waals surface area contributed by atoms with Crippen LogP contribution in [0, 0.1) is 0 Å². The van der Waals surface area contributed by atoms with E-state index < -0.39 is 0 Å². The Kier molecular flexibility index (Phi) is 5.00. The molecule has 1 aromatic carbocycles. The number of amides is 1. The van der Waals surface area contributed by atoms with Gasteiger partial charge in [-0.2, -0.15) is 16.7 Å². The first-order valence-corrected chi connectivity index (χ1v) is 9.22. The summed E-state index contributed by atoms with van der Waals surface area (Å²) in [6.45, 7) is 2.71. The highest BCUT2D eigenvalue weighted by atomic mass is 32.2. The minimum absolute atomic E-state index is 0.0490. The minimum Gasteiger partial charge on any atom is -0.337 e. The van der Waals surface area contributed by atoms with Crippen LogP contribution in [0.2, 0.25) is 0 Å². The molecule has 0 radical (unpaired) electrons. The zero-order valence-corrected chi connectivity index (χ0v) is 14.3. The van der Waals surface area contributed by atoms with E-state index >= 15 is 0 Å². The van der Waals surface area contributed by atoms with E-state index in [9.17, 15) is 4.79 Å². The molecule has 1 aliphatic rings. The number of thioether (sulfide) groups is 1. The zero-order valence-electron chi connectivity index (χ0n) is 13.4. The Morgan fingerprint density at radius 3 is 2.87 bits per heavy atom. The van der Waals surface area contributed by atoms with Gasteiger partial charge in [0.05, 0.1) is 5.25 Å². The highest BCUT2D eigenvalue weighted by Gasteiger charge is 2.33. The van der Waals surface area contributed by atoms with Crippen LogP contribution >= 0.6 is 11.8 Å². The molecule has 3 rings (SSSR count). The molecule has 1 amide bonds. The van der Waals surface area contributed by atoms with E-state index in [1.165, 1.54) is 0 Å². The van der Waals surface area contributed by atoms with Gasteiger partial charge in [0.15, 0.2) is 0 Å². The van der Waals surface area contributed by atoms with Crippen molar-refractivity contribution in [3.63, 3.8) is 0 Å². The van der Waals surface area contributed by atoms with Crippen LogP contribution in [0.25, 0.3) is 11.4 Å². The van der Waals surface area contributed by atoms with E-state index in [0.717, 1.165) is 31.4 Å². The van der Waals surface area contributed by atoms with Gasteiger partial charge in [0.2, 0.25) is 17.6 Å². The second kappa shape index (κ2) is 7.17. The first-order valence-electron chi connectivity index (χ1n) is 7.93. The SMILES string of the molecule is CSC(C)C(=O)N1CCCCC1c1nc(-c2ccccc2)no1. The molecule has 0 aliphatic carbocycles. The average molecular weight is 331 g/mol. The van der Waals surface area contributed by atoms with E-state index in [-0.39, 0.29) is 17.2 Å². The second-order valence-corrected chi connectivity index (χ2v) is 6.92. The first kappa shape index (κ1) is 16.1. The molecular weight excluding hydrogens is 310 g/mol. The standard InChI is InChI=1S/C17H21N3O2S/c1-12(23-2)17(21)20-11-7-6-10-14(20)16-18-15(19-22-16)13-8-4-3-5-9-13/h3-5,8-9,12,14H,6-7,10-11H2,1-2H3. The lowest BCUT2D eigenvalue weighted by atomic mass is 10.0. The molecule has 2 unspecified atom stereocenters. The van der Waals surface area contributed by atoms with Crippen LogP contribution in [-0.4, -0.2) is 39.0 Å². The zero-order chi connectivity index (χ0) is 16.2. The smallest absolute Gasteiger partial charge is 0.249 e. The molecule has 2 atom stereocenters. The molecule has 1 fully saturated rings. The molecule has 0 saturated carbocycles. The Morgan fingerprint density at radius 1 is 1.35 bits per heavy atom. The van der Waals surface area contributed by atoms with Gasteiger partial charge in [-0.1, -0.05) is 35.5 Å². The molecule has 2 heterocycles. The third-order valence-electron chi connectivity index (χ3n) is 4.25. The van der Waals surface area contributed by atoms with Gasteiger partial charge in [0.25, 0.3) is 0 Å². The summed E-state index contributed by atoms with van der Waals surface area (Å²) in [6, 6.07) is 9.65. The molecule has 1 aliphatic heterocycles. The summed E-state index contributed by atoms with van der Waals surface area (Å²) in [6.07, 6.45) is 4.94. The number of likely N-dealkylation sites (tertiary alicyclic amines) is 1. The van der Waals surface area contributed by atoms with Crippen LogP contribution in [0.5, 0.6) is 0 Å². The van der Waals surface area contributed by atoms with Crippen molar-refractivity contribution in [3.05, 3.63) is 36.2 Å². The van der Waals surface area contributed by atoms with Gasteiger partial charge in [-0.3, -0.25) is 4.79 Å². The summed E-state index contributed by atoms with van der Waals surface area (Å²) in [5.41, 5.74) is 0.925. The van der Waals surface area contributed by atoms with Gasteiger partial charge in [0.1, 0.15) is 6.04 Å². The summed E-state index contributed by atoms with van der Waals surface area (Å²) in [5, 5.41) is 4.04. The summed E-state index contributed by atoms with van der Waals surface area (Å²) in [7, 11) is 0. The summed E-state index contributed by atoms with van der Waals surface area (Å²) < 4.78 is 5.49. The lowest BCUT2D eigenvalue weighted by molar-refractivity contribution is -0.134. The number of benzene rings is 1. The highest BCUT2D eigenvalue weighted by molar-refractivity contribution is 7.99. The maximum atomic E-state index is 12.6. The Balaban J connectivity index is 1.84. The molecule has 0 spiro atoms. The number of nitrogens with zero attached hydrogens (tertiary/aromatic N) is 3. The average Bonchev–Trinajstić information content (AvgIpc) is 3.11. The largest absolute Gasteiger partial charge is 0.337 e. The fraction of sp³-hybridized carbons (Fsp3) is 0.471. The van der Waals surface area contributed by atoms with E-state index in [2.05, 4.69) is 10.1 Å². The normalized spacial score (nSPS) is 19.6. The van der Waals surface area contributed by atoms with Crippen LogP contribution in [0.4, 0.5) is 0 Å². The lowest BCUT2D eigenvalue weighted by Crippen LogP contribution is -2.42. The quantitative estimate of drug-likeness (QED) is 0.857. The van der Waals surface area contributed by atoms with Gasteiger partial charge < -0.3 is 9.42 Å². The molecule has 0 N–H and O–H groups in total. The van der Waals surface area contributed by atoms with Crippen LogP contribution in [0.1, 0.15) is 38.1 Å².